The minimum Gasteiger partial charge on any atom is -0.497 e. The first-order valence-corrected chi connectivity index (χ1v) is 7.08. The number of hydrogen-bond acceptors (Lipinski definition) is 7. The SMILES string of the molecule is COCC(N)C(=O)NC(C)c1nc(-c2cccc(OC)c2)no1.Cl. The lowest BCUT2D eigenvalue weighted by molar-refractivity contribution is -0.124. The van der Waals surface area contributed by atoms with E-state index >= 15 is 0 Å². The third kappa shape index (κ3) is 4.92. The van der Waals surface area contributed by atoms with E-state index in [0.717, 1.165) is 5.56 Å². The van der Waals surface area contributed by atoms with E-state index < -0.39 is 12.1 Å². The van der Waals surface area contributed by atoms with Gasteiger partial charge in [0, 0.05) is 12.7 Å². The predicted octanol–water partition coefficient (Wildman–Crippen LogP) is 1.32. The molecule has 0 saturated heterocycles. The molecule has 0 spiro atoms. The van der Waals surface area contributed by atoms with Crippen LogP contribution >= 0.6 is 12.4 Å². The minimum atomic E-state index is -0.747. The molecule has 1 aromatic carbocycles. The highest BCUT2D eigenvalue weighted by molar-refractivity contribution is 5.85. The molecule has 1 heterocycles. The van der Waals surface area contributed by atoms with Crippen molar-refractivity contribution < 1.29 is 18.8 Å². The normalized spacial score (nSPS) is 12.8. The molecule has 0 aliphatic heterocycles. The highest BCUT2D eigenvalue weighted by Gasteiger charge is 2.20. The molecule has 9 heteroatoms. The largest absolute Gasteiger partial charge is 0.497 e. The number of benzene rings is 1. The van der Waals surface area contributed by atoms with Gasteiger partial charge in [0.05, 0.1) is 13.7 Å². The number of ether oxygens (including phenoxy) is 2. The lowest BCUT2D eigenvalue weighted by atomic mass is 10.2. The van der Waals surface area contributed by atoms with Crippen LogP contribution < -0.4 is 15.8 Å². The summed E-state index contributed by atoms with van der Waals surface area (Å²) in [5, 5.41) is 6.63. The van der Waals surface area contributed by atoms with Gasteiger partial charge in [-0.3, -0.25) is 4.79 Å². The Kier molecular flexibility index (Phi) is 7.63. The quantitative estimate of drug-likeness (QED) is 0.769. The van der Waals surface area contributed by atoms with Crippen LogP contribution in [0.3, 0.4) is 0 Å². The van der Waals surface area contributed by atoms with E-state index in [0.29, 0.717) is 17.5 Å². The van der Waals surface area contributed by atoms with Gasteiger partial charge >= 0.3 is 0 Å². The Balaban J connectivity index is 0.00000288. The molecule has 1 aromatic heterocycles. The fourth-order valence-corrected chi connectivity index (χ4v) is 1.93. The summed E-state index contributed by atoms with van der Waals surface area (Å²) in [5.74, 6) is 1.06. The van der Waals surface area contributed by atoms with E-state index in [1.807, 2.05) is 18.2 Å². The molecular formula is C15H21ClN4O4. The van der Waals surface area contributed by atoms with Gasteiger partial charge in [0.2, 0.25) is 17.6 Å². The van der Waals surface area contributed by atoms with Gasteiger partial charge in [-0.25, -0.2) is 0 Å². The Morgan fingerprint density at radius 1 is 1.42 bits per heavy atom. The van der Waals surface area contributed by atoms with Crippen molar-refractivity contribution in [2.45, 2.75) is 19.0 Å². The number of nitrogens with two attached hydrogens (primary N) is 1. The third-order valence-corrected chi connectivity index (χ3v) is 3.18. The summed E-state index contributed by atoms with van der Waals surface area (Å²) in [4.78, 5) is 16.1. The number of aromatic nitrogens is 2. The fraction of sp³-hybridized carbons (Fsp3) is 0.400. The molecule has 1 amide bonds. The molecular weight excluding hydrogens is 336 g/mol. The van der Waals surface area contributed by atoms with Crippen LogP contribution in [0.4, 0.5) is 0 Å². The van der Waals surface area contributed by atoms with Gasteiger partial charge in [-0.1, -0.05) is 17.3 Å². The number of amides is 1. The van der Waals surface area contributed by atoms with Crippen molar-refractivity contribution in [3.8, 4) is 17.1 Å². The number of rotatable bonds is 7. The first-order chi connectivity index (χ1) is 11.0. The average Bonchev–Trinajstić information content (AvgIpc) is 3.05. The molecule has 2 unspecified atom stereocenters. The molecule has 0 saturated carbocycles. The van der Waals surface area contributed by atoms with Crippen molar-refractivity contribution in [3.63, 3.8) is 0 Å². The van der Waals surface area contributed by atoms with Crippen LogP contribution in [0, 0.1) is 0 Å². The Morgan fingerprint density at radius 2 is 2.17 bits per heavy atom. The molecule has 0 radical (unpaired) electrons. The van der Waals surface area contributed by atoms with E-state index in [-0.39, 0.29) is 24.9 Å². The summed E-state index contributed by atoms with van der Waals surface area (Å²) >= 11 is 0. The number of carbonyl (C=O) groups excluding carboxylic acids is 1. The summed E-state index contributed by atoms with van der Waals surface area (Å²) in [7, 11) is 3.07. The van der Waals surface area contributed by atoms with Gasteiger partial charge in [-0.15, -0.1) is 12.4 Å². The Labute approximate surface area is 146 Å². The number of halogens is 1. The Bertz CT molecular complexity index is 664. The van der Waals surface area contributed by atoms with Crippen molar-refractivity contribution in [3.05, 3.63) is 30.2 Å². The second-order valence-corrected chi connectivity index (χ2v) is 4.98. The molecule has 2 atom stereocenters. The summed E-state index contributed by atoms with van der Waals surface area (Å²) in [6.45, 7) is 1.87. The summed E-state index contributed by atoms with van der Waals surface area (Å²) < 4.78 is 15.2. The van der Waals surface area contributed by atoms with E-state index in [1.54, 1.807) is 20.1 Å². The van der Waals surface area contributed by atoms with E-state index in [1.165, 1.54) is 7.11 Å². The Hall–Kier alpha value is -2.16. The molecule has 8 nitrogen and oxygen atoms in total. The second kappa shape index (κ2) is 9.21. The summed E-state index contributed by atoms with van der Waals surface area (Å²) in [6, 6.07) is 6.09. The zero-order valence-electron chi connectivity index (χ0n) is 13.7. The number of nitrogens with zero attached hydrogens (tertiary/aromatic N) is 2. The third-order valence-electron chi connectivity index (χ3n) is 3.18. The molecule has 0 aliphatic carbocycles. The molecule has 0 fully saturated rings. The molecule has 0 bridgehead atoms. The maximum atomic E-state index is 11.9. The lowest BCUT2D eigenvalue weighted by Gasteiger charge is -2.14. The fourth-order valence-electron chi connectivity index (χ4n) is 1.93. The molecule has 24 heavy (non-hydrogen) atoms. The minimum absolute atomic E-state index is 0. The molecule has 2 rings (SSSR count). The van der Waals surface area contributed by atoms with Crippen molar-refractivity contribution in [1.82, 2.24) is 15.5 Å². The summed E-state index contributed by atoms with van der Waals surface area (Å²) in [6.07, 6.45) is 0. The van der Waals surface area contributed by atoms with Gasteiger partial charge < -0.3 is 25.0 Å². The maximum Gasteiger partial charge on any atom is 0.249 e. The van der Waals surface area contributed by atoms with Crippen LogP contribution in [0.2, 0.25) is 0 Å². The first kappa shape index (κ1) is 19.9. The van der Waals surface area contributed by atoms with Crippen LogP contribution in [0.1, 0.15) is 18.9 Å². The van der Waals surface area contributed by atoms with Crippen LogP contribution in [-0.4, -0.2) is 42.9 Å². The van der Waals surface area contributed by atoms with Crippen LogP contribution in [0.5, 0.6) is 5.75 Å². The number of hydrogen-bond donors (Lipinski definition) is 2. The highest BCUT2D eigenvalue weighted by Crippen LogP contribution is 2.22. The van der Waals surface area contributed by atoms with Gasteiger partial charge in [0.1, 0.15) is 17.8 Å². The van der Waals surface area contributed by atoms with Gasteiger partial charge in [0.25, 0.3) is 0 Å². The van der Waals surface area contributed by atoms with Crippen molar-refractivity contribution in [1.29, 1.82) is 0 Å². The predicted molar refractivity (Wildman–Crippen MR) is 89.9 cm³/mol. The van der Waals surface area contributed by atoms with Gasteiger partial charge in [0.15, 0.2) is 0 Å². The number of nitrogens with one attached hydrogen (secondary N) is 1. The van der Waals surface area contributed by atoms with Crippen molar-refractivity contribution >= 4 is 18.3 Å². The molecule has 3 N–H and O–H groups in total. The zero-order valence-corrected chi connectivity index (χ0v) is 14.5. The topological polar surface area (TPSA) is 112 Å². The number of methoxy groups -OCH3 is 2. The standard InChI is InChI=1S/C15H20N4O4.ClH/c1-9(17-14(20)12(16)8-21-2)15-18-13(19-23-15)10-5-4-6-11(7-10)22-3;/h4-7,9,12H,8,16H2,1-3H3,(H,17,20);1H. The van der Waals surface area contributed by atoms with E-state index in [9.17, 15) is 4.79 Å². The monoisotopic (exact) mass is 356 g/mol. The van der Waals surface area contributed by atoms with Crippen LogP contribution in [0.25, 0.3) is 11.4 Å². The van der Waals surface area contributed by atoms with Gasteiger partial charge in [-0.05, 0) is 19.1 Å². The molecule has 132 valence electrons. The van der Waals surface area contributed by atoms with Crippen molar-refractivity contribution in [2.75, 3.05) is 20.8 Å². The smallest absolute Gasteiger partial charge is 0.249 e. The van der Waals surface area contributed by atoms with E-state index in [2.05, 4.69) is 15.5 Å². The van der Waals surface area contributed by atoms with E-state index in [4.69, 9.17) is 19.7 Å². The van der Waals surface area contributed by atoms with Crippen molar-refractivity contribution in [2.24, 2.45) is 5.73 Å². The number of carbonyl (C=O) groups is 1. The first-order valence-electron chi connectivity index (χ1n) is 7.08. The summed E-state index contributed by atoms with van der Waals surface area (Å²) in [5.41, 5.74) is 6.42. The van der Waals surface area contributed by atoms with Crippen LogP contribution in [-0.2, 0) is 9.53 Å². The Morgan fingerprint density at radius 3 is 2.83 bits per heavy atom. The zero-order chi connectivity index (χ0) is 16.8. The molecule has 0 aliphatic rings. The maximum absolute atomic E-state index is 11.9. The van der Waals surface area contributed by atoms with Crippen LogP contribution in [0.15, 0.2) is 28.8 Å². The van der Waals surface area contributed by atoms with Gasteiger partial charge in [-0.2, -0.15) is 4.98 Å². The molecule has 2 aromatic rings. The second-order valence-electron chi connectivity index (χ2n) is 4.98. The average molecular weight is 357 g/mol. The highest BCUT2D eigenvalue weighted by atomic mass is 35.5. The lowest BCUT2D eigenvalue weighted by Crippen LogP contribution is -2.44.